The minimum absolute atomic E-state index is 0.00449. The molecule has 1 amide bonds. The standard InChI is InChI=1S/C18H16N4O4S2/c1-2-26-17(25)12-8-13(11-6-4-3-5-7-11)28-16(12)20-15(24)10-27-18-21-14(23)9-19-22-18/h3-9H,2,10H2,1H3,(H,20,24)(H,21,22,23). The molecule has 0 saturated carbocycles. The quantitative estimate of drug-likeness (QED) is 0.450. The first-order valence-corrected chi connectivity index (χ1v) is 10.1. The second-order valence-electron chi connectivity index (χ2n) is 5.42. The molecule has 3 aromatic rings. The van der Waals surface area contributed by atoms with Gasteiger partial charge in [0.1, 0.15) is 11.2 Å². The van der Waals surface area contributed by atoms with E-state index < -0.39 is 11.5 Å². The van der Waals surface area contributed by atoms with Crippen LogP contribution in [0.2, 0.25) is 0 Å². The minimum Gasteiger partial charge on any atom is -0.462 e. The number of nitrogens with one attached hydrogen (secondary N) is 2. The van der Waals surface area contributed by atoms with Gasteiger partial charge in [0.05, 0.1) is 17.9 Å². The molecule has 0 radical (unpaired) electrons. The molecule has 0 spiro atoms. The molecular weight excluding hydrogens is 400 g/mol. The van der Waals surface area contributed by atoms with Crippen molar-refractivity contribution in [2.24, 2.45) is 0 Å². The Morgan fingerprint density at radius 2 is 2.07 bits per heavy atom. The van der Waals surface area contributed by atoms with Crippen LogP contribution in [0, 0.1) is 0 Å². The number of aromatic nitrogens is 3. The highest BCUT2D eigenvalue weighted by molar-refractivity contribution is 7.99. The number of hydrogen-bond donors (Lipinski definition) is 2. The van der Waals surface area contributed by atoms with E-state index in [9.17, 15) is 14.4 Å². The van der Waals surface area contributed by atoms with Gasteiger partial charge < -0.3 is 10.1 Å². The van der Waals surface area contributed by atoms with E-state index in [-0.39, 0.29) is 23.4 Å². The number of aromatic amines is 1. The van der Waals surface area contributed by atoms with Crippen LogP contribution in [0.1, 0.15) is 17.3 Å². The molecule has 28 heavy (non-hydrogen) atoms. The summed E-state index contributed by atoms with van der Waals surface area (Å²) in [5.74, 6) is -0.846. The molecule has 0 aliphatic heterocycles. The van der Waals surface area contributed by atoms with E-state index in [2.05, 4.69) is 20.5 Å². The van der Waals surface area contributed by atoms with Gasteiger partial charge in [0, 0.05) is 4.88 Å². The Labute approximate surface area is 168 Å². The topological polar surface area (TPSA) is 114 Å². The van der Waals surface area contributed by atoms with Gasteiger partial charge in [-0.25, -0.2) is 4.79 Å². The molecule has 2 N–H and O–H groups in total. The molecular formula is C18H16N4O4S2. The first-order valence-electron chi connectivity index (χ1n) is 8.28. The molecule has 0 unspecified atom stereocenters. The number of nitrogens with zero attached hydrogens (tertiary/aromatic N) is 2. The largest absolute Gasteiger partial charge is 0.462 e. The van der Waals surface area contributed by atoms with E-state index >= 15 is 0 Å². The van der Waals surface area contributed by atoms with Crippen LogP contribution in [-0.2, 0) is 9.53 Å². The van der Waals surface area contributed by atoms with E-state index in [1.165, 1.54) is 11.3 Å². The Kier molecular flexibility index (Phi) is 6.56. The van der Waals surface area contributed by atoms with Crippen molar-refractivity contribution >= 4 is 40.0 Å². The van der Waals surface area contributed by atoms with Gasteiger partial charge in [-0.15, -0.1) is 16.4 Å². The number of thioether (sulfide) groups is 1. The summed E-state index contributed by atoms with van der Waals surface area (Å²) < 4.78 is 5.10. The van der Waals surface area contributed by atoms with Crippen LogP contribution in [0.4, 0.5) is 5.00 Å². The molecule has 10 heteroatoms. The molecule has 0 aliphatic rings. The molecule has 0 aliphatic carbocycles. The highest BCUT2D eigenvalue weighted by Crippen LogP contribution is 2.36. The highest BCUT2D eigenvalue weighted by atomic mass is 32.2. The average Bonchev–Trinajstić information content (AvgIpc) is 3.11. The van der Waals surface area contributed by atoms with Crippen molar-refractivity contribution in [2.75, 3.05) is 17.7 Å². The number of rotatable bonds is 7. The van der Waals surface area contributed by atoms with E-state index in [1.807, 2.05) is 30.3 Å². The van der Waals surface area contributed by atoms with Crippen molar-refractivity contribution in [3.8, 4) is 10.4 Å². The zero-order valence-corrected chi connectivity index (χ0v) is 16.4. The monoisotopic (exact) mass is 416 g/mol. The van der Waals surface area contributed by atoms with E-state index in [4.69, 9.17) is 4.74 Å². The highest BCUT2D eigenvalue weighted by Gasteiger charge is 2.20. The van der Waals surface area contributed by atoms with Gasteiger partial charge in [-0.2, -0.15) is 5.10 Å². The Morgan fingerprint density at radius 3 is 2.79 bits per heavy atom. The molecule has 0 atom stereocenters. The van der Waals surface area contributed by atoms with Crippen molar-refractivity contribution in [3.05, 3.63) is 58.5 Å². The minimum atomic E-state index is -0.498. The fourth-order valence-corrected chi connectivity index (χ4v) is 3.93. The van der Waals surface area contributed by atoms with Crippen molar-refractivity contribution in [2.45, 2.75) is 12.1 Å². The summed E-state index contributed by atoms with van der Waals surface area (Å²) in [6.45, 7) is 1.96. The fourth-order valence-electron chi connectivity index (χ4n) is 2.25. The second kappa shape index (κ2) is 9.29. The third kappa shape index (κ3) is 5.05. The summed E-state index contributed by atoms with van der Waals surface area (Å²) >= 11 is 2.33. The number of carbonyl (C=O) groups is 2. The van der Waals surface area contributed by atoms with Crippen LogP contribution >= 0.6 is 23.1 Å². The van der Waals surface area contributed by atoms with Gasteiger partial charge in [-0.1, -0.05) is 42.1 Å². The first-order chi connectivity index (χ1) is 13.6. The lowest BCUT2D eigenvalue weighted by atomic mass is 10.1. The molecule has 2 heterocycles. The maximum absolute atomic E-state index is 12.3. The Morgan fingerprint density at radius 1 is 1.29 bits per heavy atom. The van der Waals surface area contributed by atoms with Gasteiger partial charge >= 0.3 is 5.97 Å². The number of ether oxygens (including phenoxy) is 1. The number of amides is 1. The van der Waals surface area contributed by atoms with Crippen molar-refractivity contribution < 1.29 is 14.3 Å². The number of anilines is 1. The van der Waals surface area contributed by atoms with Crippen molar-refractivity contribution in [1.82, 2.24) is 15.2 Å². The summed E-state index contributed by atoms with van der Waals surface area (Å²) in [4.78, 5) is 39.2. The van der Waals surface area contributed by atoms with Crippen molar-refractivity contribution in [3.63, 3.8) is 0 Å². The number of benzene rings is 1. The molecule has 0 bridgehead atoms. The van der Waals surface area contributed by atoms with Crippen LogP contribution in [0.3, 0.4) is 0 Å². The summed E-state index contributed by atoms with van der Waals surface area (Å²) in [7, 11) is 0. The smallest absolute Gasteiger partial charge is 0.341 e. The van der Waals surface area contributed by atoms with E-state index in [0.29, 0.717) is 10.6 Å². The number of carbonyl (C=O) groups excluding carboxylic acids is 2. The summed E-state index contributed by atoms with van der Waals surface area (Å²) in [6.07, 6.45) is 1.05. The number of thiophene rings is 1. The Balaban J connectivity index is 1.77. The van der Waals surface area contributed by atoms with Gasteiger partial charge in [0.25, 0.3) is 5.56 Å². The lowest BCUT2D eigenvalue weighted by molar-refractivity contribution is -0.113. The van der Waals surface area contributed by atoms with Crippen molar-refractivity contribution in [1.29, 1.82) is 0 Å². The van der Waals surface area contributed by atoms with Crippen LogP contribution in [0.25, 0.3) is 10.4 Å². The summed E-state index contributed by atoms with van der Waals surface area (Å²) in [5.41, 5.74) is 0.843. The van der Waals surface area contributed by atoms with Gasteiger partial charge in [0.2, 0.25) is 5.91 Å². The number of esters is 1. The average molecular weight is 416 g/mol. The van der Waals surface area contributed by atoms with Gasteiger partial charge in [-0.05, 0) is 18.6 Å². The van der Waals surface area contributed by atoms with Crippen LogP contribution in [0.15, 0.2) is 52.5 Å². The first kappa shape index (κ1) is 19.8. The fraction of sp³-hybridized carbons (Fsp3) is 0.167. The lowest BCUT2D eigenvalue weighted by Gasteiger charge is -2.05. The lowest BCUT2D eigenvalue weighted by Crippen LogP contribution is -2.17. The summed E-state index contributed by atoms with van der Waals surface area (Å²) in [5, 5.41) is 10.7. The number of H-pyrrole nitrogens is 1. The SMILES string of the molecule is CCOC(=O)c1cc(-c2ccccc2)sc1NC(=O)CSc1nncc(=O)[nH]1. The van der Waals surface area contributed by atoms with E-state index in [1.54, 1.807) is 13.0 Å². The molecule has 144 valence electrons. The molecule has 0 saturated heterocycles. The zero-order chi connectivity index (χ0) is 19.9. The third-order valence-corrected chi connectivity index (χ3v) is 5.40. The van der Waals surface area contributed by atoms with E-state index in [0.717, 1.165) is 28.4 Å². The van der Waals surface area contributed by atoms with Gasteiger partial charge in [-0.3, -0.25) is 14.6 Å². The normalized spacial score (nSPS) is 10.5. The Hall–Kier alpha value is -2.98. The van der Waals surface area contributed by atoms with Crippen LogP contribution in [-0.4, -0.2) is 39.4 Å². The number of hydrogen-bond acceptors (Lipinski definition) is 8. The maximum atomic E-state index is 12.3. The third-order valence-electron chi connectivity index (χ3n) is 3.43. The molecule has 0 fully saturated rings. The molecule has 2 aromatic heterocycles. The molecule has 8 nitrogen and oxygen atoms in total. The molecule has 1 aromatic carbocycles. The van der Waals surface area contributed by atoms with Crippen LogP contribution in [0.5, 0.6) is 0 Å². The Bertz CT molecular complexity index is 1030. The predicted octanol–water partition coefficient (Wildman–Crippen LogP) is 2.80. The maximum Gasteiger partial charge on any atom is 0.341 e. The second-order valence-corrected chi connectivity index (χ2v) is 7.43. The zero-order valence-electron chi connectivity index (χ0n) is 14.8. The molecule has 3 rings (SSSR count). The summed E-state index contributed by atoms with van der Waals surface area (Å²) in [6, 6.07) is 11.3. The van der Waals surface area contributed by atoms with Gasteiger partial charge in [0.15, 0.2) is 5.16 Å². The van der Waals surface area contributed by atoms with Crippen LogP contribution < -0.4 is 10.9 Å². The predicted molar refractivity (Wildman–Crippen MR) is 108 cm³/mol.